The van der Waals surface area contributed by atoms with Gasteiger partial charge in [-0.1, -0.05) is 13.0 Å². The summed E-state index contributed by atoms with van der Waals surface area (Å²) in [4.78, 5) is 12.2. The van der Waals surface area contributed by atoms with Crippen LogP contribution in [0.4, 0.5) is 0 Å². The fourth-order valence-electron chi connectivity index (χ4n) is 3.02. The van der Waals surface area contributed by atoms with Crippen molar-refractivity contribution in [1.82, 2.24) is 5.32 Å². The molecular weight excluding hydrogens is 278 g/mol. The van der Waals surface area contributed by atoms with Gasteiger partial charge < -0.3 is 15.2 Å². The minimum atomic E-state index is -0.524. The molecule has 120 valence electrons. The molecule has 1 aliphatic carbocycles. The van der Waals surface area contributed by atoms with Gasteiger partial charge in [0.2, 0.25) is 5.91 Å². The first-order chi connectivity index (χ1) is 10.4. The molecule has 2 N–H and O–H groups in total. The maximum atomic E-state index is 12.2. The highest BCUT2D eigenvalue weighted by Gasteiger charge is 2.39. The van der Waals surface area contributed by atoms with Crippen molar-refractivity contribution in [1.29, 1.82) is 0 Å². The van der Waals surface area contributed by atoms with Crippen molar-refractivity contribution >= 4 is 5.91 Å². The van der Waals surface area contributed by atoms with Crippen LogP contribution in [0.3, 0.4) is 0 Å². The van der Waals surface area contributed by atoms with Gasteiger partial charge in [0, 0.05) is 17.9 Å². The van der Waals surface area contributed by atoms with Gasteiger partial charge in [0.1, 0.15) is 11.4 Å². The van der Waals surface area contributed by atoms with Crippen molar-refractivity contribution in [2.75, 3.05) is 0 Å². The molecule has 3 rings (SSSR count). The Hall–Kier alpha value is -1.55. The number of benzene rings is 1. The van der Waals surface area contributed by atoms with Crippen LogP contribution in [-0.4, -0.2) is 16.6 Å². The fraction of sp³-hybridized carbons (Fsp3) is 0.611. The Labute approximate surface area is 131 Å². The second-order valence-corrected chi connectivity index (χ2v) is 6.92. The van der Waals surface area contributed by atoms with E-state index in [1.54, 1.807) is 6.92 Å². The summed E-state index contributed by atoms with van der Waals surface area (Å²) < 4.78 is 6.16. The molecule has 3 unspecified atom stereocenters. The van der Waals surface area contributed by atoms with Gasteiger partial charge >= 0.3 is 0 Å². The van der Waals surface area contributed by atoms with Crippen molar-refractivity contribution in [2.45, 2.75) is 64.2 Å². The highest BCUT2D eigenvalue weighted by Crippen LogP contribution is 2.42. The minimum Gasteiger partial charge on any atom is -0.487 e. The van der Waals surface area contributed by atoms with Crippen molar-refractivity contribution in [3.63, 3.8) is 0 Å². The average molecular weight is 303 g/mol. The highest BCUT2D eigenvalue weighted by atomic mass is 16.5. The van der Waals surface area contributed by atoms with E-state index >= 15 is 0 Å². The number of hydrogen-bond acceptors (Lipinski definition) is 3. The van der Waals surface area contributed by atoms with Crippen LogP contribution in [0.1, 0.15) is 69.7 Å². The van der Waals surface area contributed by atoms with Crippen molar-refractivity contribution < 1.29 is 14.6 Å². The molecular formula is C18H25NO3. The second-order valence-electron chi connectivity index (χ2n) is 6.92. The third-order valence-electron chi connectivity index (χ3n) is 4.90. The lowest BCUT2D eigenvalue weighted by Crippen LogP contribution is -2.43. The van der Waals surface area contributed by atoms with Gasteiger partial charge in [-0.15, -0.1) is 0 Å². The van der Waals surface area contributed by atoms with E-state index in [1.165, 1.54) is 0 Å². The Balaban J connectivity index is 1.93. The molecule has 0 aromatic heterocycles. The lowest BCUT2D eigenvalue weighted by Gasteiger charge is -2.40. The van der Waals surface area contributed by atoms with Crippen LogP contribution >= 0.6 is 0 Å². The molecule has 1 fully saturated rings. The van der Waals surface area contributed by atoms with Crippen LogP contribution < -0.4 is 10.1 Å². The molecule has 4 heteroatoms. The number of carbonyl (C=O) groups is 1. The van der Waals surface area contributed by atoms with E-state index in [0.717, 1.165) is 42.6 Å². The molecule has 1 aliphatic heterocycles. The summed E-state index contributed by atoms with van der Waals surface area (Å²) in [6.45, 7) is 5.95. The van der Waals surface area contributed by atoms with Gasteiger partial charge in [-0.05, 0) is 50.8 Å². The largest absolute Gasteiger partial charge is 0.487 e. The molecule has 0 bridgehead atoms. The quantitative estimate of drug-likeness (QED) is 0.897. The zero-order valence-corrected chi connectivity index (χ0v) is 13.6. The zero-order valence-electron chi connectivity index (χ0n) is 13.6. The number of nitrogens with one attached hydrogen (secondary N) is 1. The number of amides is 1. The van der Waals surface area contributed by atoms with E-state index in [4.69, 9.17) is 4.74 Å². The van der Waals surface area contributed by atoms with Gasteiger partial charge in [-0.25, -0.2) is 0 Å². The summed E-state index contributed by atoms with van der Waals surface area (Å²) in [5.41, 5.74) is 1.58. The molecule has 0 spiro atoms. The number of hydrogen-bond donors (Lipinski definition) is 2. The summed E-state index contributed by atoms with van der Waals surface area (Å²) in [5, 5.41) is 13.0. The predicted octanol–water partition coefficient (Wildman–Crippen LogP) is 3.26. The third-order valence-corrected chi connectivity index (χ3v) is 4.90. The number of rotatable bonds is 4. The number of aliphatic hydroxyl groups is 1. The average Bonchev–Trinajstić information content (AvgIpc) is 3.31. The number of ether oxygens (including phenoxy) is 1. The Morgan fingerprint density at radius 2 is 2.23 bits per heavy atom. The summed E-state index contributed by atoms with van der Waals surface area (Å²) in [6.07, 6.45) is 3.13. The maximum Gasteiger partial charge on any atom is 0.223 e. The molecule has 1 aromatic rings. The Bertz CT molecular complexity index is 580. The normalized spacial score (nSPS) is 28.5. The van der Waals surface area contributed by atoms with Crippen molar-refractivity contribution in [2.24, 2.45) is 5.92 Å². The molecule has 0 radical (unpaired) electrons. The molecule has 1 saturated carbocycles. The first-order valence-electron chi connectivity index (χ1n) is 8.23. The second kappa shape index (κ2) is 5.58. The standard InChI is InChI=1S/C18H25NO3/c1-4-18(3)10-15(19-17(21)12-5-6-12)14-9-13(11(2)20)7-8-16(14)22-18/h7-9,11-12,15,20H,4-6,10H2,1-3H3,(H,19,21). The molecule has 2 aliphatic rings. The topological polar surface area (TPSA) is 58.6 Å². The van der Waals surface area contributed by atoms with Gasteiger partial charge in [0.25, 0.3) is 0 Å². The van der Waals surface area contributed by atoms with Gasteiger partial charge in [-0.3, -0.25) is 4.79 Å². The first-order valence-corrected chi connectivity index (χ1v) is 8.23. The van der Waals surface area contributed by atoms with Crippen LogP contribution in [0.2, 0.25) is 0 Å². The van der Waals surface area contributed by atoms with Crippen LogP contribution in [0.25, 0.3) is 0 Å². The van der Waals surface area contributed by atoms with Gasteiger partial charge in [0.05, 0.1) is 12.1 Å². The monoisotopic (exact) mass is 303 g/mol. The molecule has 22 heavy (non-hydrogen) atoms. The predicted molar refractivity (Wildman–Crippen MR) is 84.6 cm³/mol. The Kier molecular flexibility index (Phi) is 3.89. The molecule has 1 amide bonds. The first kappa shape index (κ1) is 15.3. The van der Waals surface area contributed by atoms with E-state index in [0.29, 0.717) is 0 Å². The lowest BCUT2D eigenvalue weighted by atomic mass is 9.85. The summed E-state index contributed by atoms with van der Waals surface area (Å²) in [7, 11) is 0. The molecule has 1 aromatic carbocycles. The number of fused-ring (bicyclic) bond motifs is 1. The van der Waals surface area contributed by atoms with Crippen molar-refractivity contribution in [3.8, 4) is 5.75 Å². The summed E-state index contributed by atoms with van der Waals surface area (Å²) in [6, 6.07) is 5.74. The van der Waals surface area contributed by atoms with Crippen LogP contribution in [0, 0.1) is 5.92 Å². The van der Waals surface area contributed by atoms with E-state index in [-0.39, 0.29) is 23.5 Å². The van der Waals surface area contributed by atoms with Crippen LogP contribution in [0.15, 0.2) is 18.2 Å². The fourth-order valence-corrected chi connectivity index (χ4v) is 3.02. The third kappa shape index (κ3) is 2.98. The molecule has 1 heterocycles. The van der Waals surface area contributed by atoms with Gasteiger partial charge in [-0.2, -0.15) is 0 Å². The van der Waals surface area contributed by atoms with Crippen molar-refractivity contribution in [3.05, 3.63) is 29.3 Å². The van der Waals surface area contributed by atoms with E-state index in [2.05, 4.69) is 19.2 Å². The number of carbonyl (C=O) groups excluding carboxylic acids is 1. The Morgan fingerprint density at radius 3 is 2.82 bits per heavy atom. The molecule has 4 nitrogen and oxygen atoms in total. The SMILES string of the molecule is CCC1(C)CC(NC(=O)C2CC2)c2cc(C(C)O)ccc2O1. The van der Waals surface area contributed by atoms with E-state index in [1.807, 2.05) is 18.2 Å². The lowest BCUT2D eigenvalue weighted by molar-refractivity contribution is -0.123. The number of aliphatic hydroxyl groups excluding tert-OH is 1. The van der Waals surface area contributed by atoms with E-state index in [9.17, 15) is 9.90 Å². The summed E-state index contributed by atoms with van der Waals surface area (Å²) >= 11 is 0. The zero-order chi connectivity index (χ0) is 15.9. The van der Waals surface area contributed by atoms with Crippen LogP contribution in [0.5, 0.6) is 5.75 Å². The molecule has 3 atom stereocenters. The van der Waals surface area contributed by atoms with Crippen LogP contribution in [-0.2, 0) is 4.79 Å². The summed E-state index contributed by atoms with van der Waals surface area (Å²) in [5.74, 6) is 1.17. The van der Waals surface area contributed by atoms with Gasteiger partial charge in [0.15, 0.2) is 0 Å². The smallest absolute Gasteiger partial charge is 0.223 e. The Morgan fingerprint density at radius 1 is 1.50 bits per heavy atom. The maximum absolute atomic E-state index is 12.2. The minimum absolute atomic E-state index is 0.0412. The highest BCUT2D eigenvalue weighted by molar-refractivity contribution is 5.81. The van der Waals surface area contributed by atoms with E-state index < -0.39 is 6.10 Å². The molecule has 0 saturated heterocycles.